The zero-order valence-electron chi connectivity index (χ0n) is 16.2. The number of benzene rings is 1. The normalized spacial score (nSPS) is 14.7. The van der Waals surface area contributed by atoms with Gasteiger partial charge in [0.05, 0.1) is 36.3 Å². The maximum atomic E-state index is 12.4. The summed E-state index contributed by atoms with van der Waals surface area (Å²) in [6.45, 7) is 5.23. The first-order valence-corrected chi connectivity index (χ1v) is 8.64. The second-order valence-electron chi connectivity index (χ2n) is 7.05. The molecule has 152 valence electrons. The van der Waals surface area contributed by atoms with Gasteiger partial charge in [0.1, 0.15) is 18.1 Å². The number of hydrogen-bond acceptors (Lipinski definition) is 8. The number of nitro groups is 1. The first kappa shape index (κ1) is 21.6. The lowest BCUT2D eigenvalue weighted by molar-refractivity contribution is -0.384. The Morgan fingerprint density at radius 3 is 2.32 bits per heavy atom. The highest BCUT2D eigenvalue weighted by Crippen LogP contribution is 2.42. The number of nitrogens with zero attached hydrogens (tertiary/aromatic N) is 2. The molecule has 0 atom stereocenters. The average molecular weight is 413 g/mol. The third kappa shape index (κ3) is 4.10. The van der Waals surface area contributed by atoms with Gasteiger partial charge in [0.25, 0.3) is 5.69 Å². The number of anilines is 1. The molecule has 0 amide bonds. The Morgan fingerprint density at radius 2 is 1.82 bits per heavy atom. The van der Waals surface area contributed by atoms with Crippen LogP contribution in [0.5, 0.6) is 0 Å². The molecule has 1 aromatic carbocycles. The molecule has 0 saturated carbocycles. The molecule has 28 heavy (non-hydrogen) atoms. The zero-order valence-corrected chi connectivity index (χ0v) is 17.0. The molecule has 10 heteroatoms. The number of methoxy groups -OCH3 is 2. The van der Waals surface area contributed by atoms with Crippen molar-refractivity contribution in [1.82, 2.24) is 0 Å². The monoisotopic (exact) mass is 412 g/mol. The molecule has 2 rings (SSSR count). The molecule has 0 aliphatic carbocycles. The fraction of sp³-hybridized carbons (Fsp3) is 0.444. The summed E-state index contributed by atoms with van der Waals surface area (Å²) < 4.78 is 14.8. The molecule has 0 bridgehead atoms. The van der Waals surface area contributed by atoms with E-state index in [4.69, 9.17) is 25.8 Å². The summed E-state index contributed by atoms with van der Waals surface area (Å²) in [5.74, 6) is -1.68. The van der Waals surface area contributed by atoms with E-state index in [1.165, 1.54) is 6.07 Å². The summed E-state index contributed by atoms with van der Waals surface area (Å²) >= 11 is 6.40. The van der Waals surface area contributed by atoms with Gasteiger partial charge in [0.2, 0.25) is 0 Å². The van der Waals surface area contributed by atoms with Gasteiger partial charge >= 0.3 is 11.9 Å². The Kier molecular flexibility index (Phi) is 6.30. The number of hydrogen-bond donors (Lipinski definition) is 0. The van der Waals surface area contributed by atoms with Crippen LogP contribution in [0.3, 0.4) is 0 Å². The Bertz CT molecular complexity index is 858. The van der Waals surface area contributed by atoms with Gasteiger partial charge in [-0.15, -0.1) is 0 Å². The second kappa shape index (κ2) is 8.15. The van der Waals surface area contributed by atoms with E-state index in [1.54, 1.807) is 6.07 Å². The van der Waals surface area contributed by atoms with Crippen LogP contribution in [0.4, 0.5) is 11.4 Å². The molecule has 0 spiro atoms. The maximum absolute atomic E-state index is 12.4. The summed E-state index contributed by atoms with van der Waals surface area (Å²) in [7, 11) is 2.29. The lowest BCUT2D eigenvalue weighted by Crippen LogP contribution is -2.39. The minimum Gasteiger partial charge on any atom is -0.466 e. The largest absolute Gasteiger partial charge is 0.466 e. The van der Waals surface area contributed by atoms with Crippen LogP contribution in [-0.2, 0) is 29.2 Å². The molecule has 1 aromatic rings. The zero-order chi connectivity index (χ0) is 21.2. The maximum Gasteiger partial charge on any atom is 0.355 e. The summed E-state index contributed by atoms with van der Waals surface area (Å²) in [4.78, 5) is 36.8. The van der Waals surface area contributed by atoms with Gasteiger partial charge in [-0.2, -0.15) is 0 Å². The molecule has 0 saturated heterocycles. The molecule has 0 N–H and O–H groups in total. The van der Waals surface area contributed by atoms with Crippen molar-refractivity contribution in [2.75, 3.05) is 32.5 Å². The number of carbonyl (C=O) groups excluding carboxylic acids is 2. The molecule has 0 fully saturated rings. The van der Waals surface area contributed by atoms with Crippen molar-refractivity contribution < 1.29 is 28.7 Å². The number of rotatable bonds is 4. The van der Waals surface area contributed by atoms with Crippen molar-refractivity contribution in [3.8, 4) is 0 Å². The van der Waals surface area contributed by atoms with Crippen LogP contribution in [0, 0.1) is 10.1 Å². The van der Waals surface area contributed by atoms with Gasteiger partial charge in [0.15, 0.2) is 0 Å². The minimum absolute atomic E-state index is 0.0373. The first-order chi connectivity index (χ1) is 13.0. The fourth-order valence-corrected chi connectivity index (χ4v) is 3.06. The average Bonchev–Trinajstić information content (AvgIpc) is 2.64. The highest BCUT2D eigenvalue weighted by atomic mass is 35.5. The van der Waals surface area contributed by atoms with E-state index >= 15 is 0 Å². The van der Waals surface area contributed by atoms with E-state index in [9.17, 15) is 19.7 Å². The lowest BCUT2D eigenvalue weighted by Gasteiger charge is -2.32. The van der Waals surface area contributed by atoms with Crippen molar-refractivity contribution in [3.05, 3.63) is 44.1 Å². The van der Waals surface area contributed by atoms with Gasteiger partial charge < -0.3 is 19.1 Å². The number of nitro benzene ring substituents is 1. The summed E-state index contributed by atoms with van der Waals surface area (Å²) in [6, 6.07) is 2.98. The summed E-state index contributed by atoms with van der Waals surface area (Å²) in [5.41, 5.74) is -0.485. The Hall–Kier alpha value is -2.65. The molecule has 0 radical (unpaired) electrons. The molecular formula is C18H21ClN2O7. The van der Waals surface area contributed by atoms with Gasteiger partial charge in [-0.3, -0.25) is 10.1 Å². The van der Waals surface area contributed by atoms with Crippen molar-refractivity contribution in [3.63, 3.8) is 0 Å². The van der Waals surface area contributed by atoms with Crippen molar-refractivity contribution in [2.45, 2.75) is 26.2 Å². The number of esters is 2. The van der Waals surface area contributed by atoms with Crippen LogP contribution in [0.15, 0.2) is 23.4 Å². The van der Waals surface area contributed by atoms with Crippen molar-refractivity contribution in [1.29, 1.82) is 0 Å². The molecule has 1 aliphatic heterocycles. The van der Waals surface area contributed by atoms with Crippen LogP contribution in [0.25, 0.3) is 0 Å². The quantitative estimate of drug-likeness (QED) is 0.422. The number of ether oxygens (including phenoxy) is 3. The Balaban J connectivity index is 2.79. The summed E-state index contributed by atoms with van der Waals surface area (Å²) in [6.07, 6.45) is 0. The van der Waals surface area contributed by atoms with E-state index in [0.29, 0.717) is 5.56 Å². The van der Waals surface area contributed by atoms with E-state index < -0.39 is 22.3 Å². The van der Waals surface area contributed by atoms with Gasteiger partial charge in [0, 0.05) is 6.07 Å². The van der Waals surface area contributed by atoms with E-state index in [1.807, 2.05) is 20.8 Å². The lowest BCUT2D eigenvalue weighted by atomic mass is 9.86. The molecule has 1 heterocycles. The van der Waals surface area contributed by atoms with Crippen LogP contribution >= 0.6 is 11.6 Å². The van der Waals surface area contributed by atoms with Crippen LogP contribution in [-0.4, -0.2) is 44.4 Å². The highest BCUT2D eigenvalue weighted by molar-refractivity contribution is 6.34. The molecule has 1 aliphatic rings. The first-order valence-electron chi connectivity index (χ1n) is 8.26. The molecular weight excluding hydrogens is 392 g/mol. The van der Waals surface area contributed by atoms with E-state index in [0.717, 1.165) is 19.1 Å². The molecule has 9 nitrogen and oxygen atoms in total. The SMILES string of the molecule is COC(=O)C1=C(C(=O)OC)N(c2c(Cl)cc(C(C)(C)C)cc2[N+](=O)[O-])COC1. The van der Waals surface area contributed by atoms with Crippen LogP contribution in [0.2, 0.25) is 5.02 Å². The highest BCUT2D eigenvalue weighted by Gasteiger charge is 2.37. The second-order valence-corrected chi connectivity index (χ2v) is 7.46. The number of halogens is 1. The van der Waals surface area contributed by atoms with Crippen molar-refractivity contribution >= 4 is 34.9 Å². The van der Waals surface area contributed by atoms with Crippen molar-refractivity contribution in [2.24, 2.45) is 0 Å². The van der Waals surface area contributed by atoms with E-state index in [-0.39, 0.29) is 41.0 Å². The summed E-state index contributed by atoms with van der Waals surface area (Å²) in [5, 5.41) is 11.8. The third-order valence-electron chi connectivity index (χ3n) is 4.21. The third-order valence-corrected chi connectivity index (χ3v) is 4.50. The smallest absolute Gasteiger partial charge is 0.355 e. The molecule has 0 unspecified atom stereocenters. The van der Waals surface area contributed by atoms with Gasteiger partial charge in [-0.1, -0.05) is 32.4 Å². The predicted octanol–water partition coefficient (Wildman–Crippen LogP) is 2.94. The topological polar surface area (TPSA) is 108 Å². The fourth-order valence-electron chi connectivity index (χ4n) is 2.74. The van der Waals surface area contributed by atoms with Crippen LogP contribution < -0.4 is 4.90 Å². The minimum atomic E-state index is -0.867. The number of carbonyl (C=O) groups is 2. The van der Waals surface area contributed by atoms with Gasteiger partial charge in [-0.05, 0) is 17.0 Å². The molecule has 0 aromatic heterocycles. The van der Waals surface area contributed by atoms with Gasteiger partial charge in [-0.25, -0.2) is 9.59 Å². The predicted molar refractivity (Wildman–Crippen MR) is 101 cm³/mol. The van der Waals surface area contributed by atoms with Crippen LogP contribution in [0.1, 0.15) is 26.3 Å². The Morgan fingerprint density at radius 1 is 1.21 bits per heavy atom. The standard InChI is InChI=1S/C18H21ClN2O7/c1-18(2,3)10-6-12(19)15(13(7-10)21(24)25)20-9-28-8-11(16(22)26-4)14(20)17(23)27-5/h6-7H,8-9H2,1-5H3. The Labute approximate surface area is 166 Å². The van der Waals surface area contributed by atoms with E-state index in [2.05, 4.69) is 0 Å².